The number of benzene rings is 2. The average molecular weight is 372 g/mol. The molecule has 118 valence electrons. The molecule has 1 aliphatic heterocycles. The minimum absolute atomic E-state index is 0.245. The molecule has 0 radical (unpaired) electrons. The van der Waals surface area contributed by atoms with Crippen LogP contribution in [0.15, 0.2) is 58.0 Å². The molecule has 1 N–H and O–H groups in total. The van der Waals surface area contributed by atoms with Gasteiger partial charge in [0.2, 0.25) is 0 Å². The Morgan fingerprint density at radius 1 is 1.17 bits per heavy atom. The molecule has 2 aromatic rings. The lowest BCUT2D eigenvalue weighted by Gasteiger charge is -2.24. The quantitative estimate of drug-likeness (QED) is 0.756. The van der Waals surface area contributed by atoms with Gasteiger partial charge in [0.1, 0.15) is 22.8 Å². The van der Waals surface area contributed by atoms with Gasteiger partial charge in [0, 0.05) is 22.2 Å². The molecule has 0 fully saturated rings. The molecule has 3 nitrogen and oxygen atoms in total. The Morgan fingerprint density at radius 3 is 2.78 bits per heavy atom. The maximum absolute atomic E-state index is 9.94. The van der Waals surface area contributed by atoms with Crippen LogP contribution in [0, 0.1) is 0 Å². The number of rotatable bonds is 2. The minimum Gasteiger partial charge on any atom is -0.507 e. The predicted octanol–water partition coefficient (Wildman–Crippen LogP) is 5.50. The number of halogens is 1. The Morgan fingerprint density at radius 2 is 1.96 bits per heavy atom. The number of phenols is 1. The van der Waals surface area contributed by atoms with Crippen molar-refractivity contribution in [3.63, 3.8) is 0 Å². The van der Waals surface area contributed by atoms with E-state index in [2.05, 4.69) is 29.8 Å². The number of phenolic OH excluding ortho intramolecular Hbond substituents is 1. The first-order valence-electron chi connectivity index (χ1n) is 7.45. The normalized spacial score (nSPS) is 16.4. The van der Waals surface area contributed by atoms with E-state index in [1.807, 2.05) is 48.6 Å². The van der Waals surface area contributed by atoms with Crippen LogP contribution in [0.1, 0.15) is 25.8 Å². The molecule has 0 atom stereocenters. The second kappa shape index (κ2) is 6.20. The highest BCUT2D eigenvalue weighted by Crippen LogP contribution is 2.35. The largest absolute Gasteiger partial charge is 0.507 e. The Labute approximate surface area is 144 Å². The van der Waals surface area contributed by atoms with Crippen LogP contribution in [0.3, 0.4) is 0 Å². The number of aliphatic imine (C=N–C) groups is 1. The number of hydrogen-bond donors (Lipinski definition) is 1. The van der Waals surface area contributed by atoms with Gasteiger partial charge in [-0.15, -0.1) is 0 Å². The Kier molecular flexibility index (Phi) is 4.26. The lowest BCUT2D eigenvalue weighted by molar-refractivity contribution is 0.120. The van der Waals surface area contributed by atoms with Gasteiger partial charge in [-0.2, -0.15) is 0 Å². The third kappa shape index (κ3) is 3.82. The molecule has 0 bridgehead atoms. The van der Waals surface area contributed by atoms with Gasteiger partial charge in [0.15, 0.2) is 0 Å². The first kappa shape index (κ1) is 15.8. The number of ether oxygens (including phenoxy) is 1. The first-order valence-corrected chi connectivity index (χ1v) is 8.24. The van der Waals surface area contributed by atoms with Crippen LogP contribution >= 0.6 is 15.9 Å². The minimum atomic E-state index is -0.338. The third-order valence-electron chi connectivity index (χ3n) is 3.57. The topological polar surface area (TPSA) is 41.8 Å². The van der Waals surface area contributed by atoms with E-state index < -0.39 is 0 Å². The smallest absolute Gasteiger partial charge is 0.145 e. The van der Waals surface area contributed by atoms with E-state index in [1.54, 1.807) is 6.07 Å². The molecule has 1 aliphatic rings. The van der Waals surface area contributed by atoms with Crippen molar-refractivity contribution < 1.29 is 9.84 Å². The van der Waals surface area contributed by atoms with Gasteiger partial charge in [-0.25, -0.2) is 4.99 Å². The molecule has 0 unspecified atom stereocenters. The van der Waals surface area contributed by atoms with Gasteiger partial charge in [0.25, 0.3) is 0 Å². The second-order valence-electron chi connectivity index (χ2n) is 6.15. The molecule has 4 heteroatoms. The fraction of sp³-hybridized carbons (Fsp3) is 0.211. The number of hydrogen-bond acceptors (Lipinski definition) is 3. The van der Waals surface area contributed by atoms with Gasteiger partial charge in [-0.3, -0.25) is 0 Å². The average Bonchev–Trinajstić information content (AvgIpc) is 2.62. The van der Waals surface area contributed by atoms with Gasteiger partial charge in [0.05, 0.1) is 0 Å². The highest BCUT2D eigenvalue weighted by Gasteiger charge is 2.25. The van der Waals surface area contributed by atoms with Crippen molar-refractivity contribution in [2.24, 2.45) is 4.99 Å². The van der Waals surface area contributed by atoms with Crippen molar-refractivity contribution in [1.82, 2.24) is 0 Å². The standard InChI is InChI=1S/C19H18BrNO2/c1-19(2)12-15(21-16-5-3-4-6-18(16)23-19)9-7-13-11-14(20)8-10-17(13)22/h3-11,22H,12H2,1-2H3/b9-7+. The summed E-state index contributed by atoms with van der Waals surface area (Å²) in [5, 5.41) is 9.94. The second-order valence-corrected chi connectivity index (χ2v) is 7.06. The summed E-state index contributed by atoms with van der Waals surface area (Å²) in [5.74, 6) is 1.04. The van der Waals surface area contributed by atoms with Crippen molar-refractivity contribution in [2.75, 3.05) is 0 Å². The molecular weight excluding hydrogens is 354 g/mol. The van der Waals surface area contributed by atoms with Crippen molar-refractivity contribution in [2.45, 2.75) is 25.9 Å². The fourth-order valence-electron chi connectivity index (χ4n) is 2.54. The van der Waals surface area contributed by atoms with Gasteiger partial charge >= 0.3 is 0 Å². The molecule has 0 saturated carbocycles. The maximum atomic E-state index is 9.94. The van der Waals surface area contributed by atoms with Crippen LogP contribution in [-0.4, -0.2) is 16.4 Å². The number of aromatic hydroxyl groups is 1. The highest BCUT2D eigenvalue weighted by molar-refractivity contribution is 9.10. The molecular formula is C19H18BrNO2. The molecule has 3 rings (SSSR count). The third-order valence-corrected chi connectivity index (χ3v) is 4.06. The molecule has 23 heavy (non-hydrogen) atoms. The summed E-state index contributed by atoms with van der Waals surface area (Å²) in [6.07, 6.45) is 4.50. The van der Waals surface area contributed by atoms with Crippen molar-refractivity contribution >= 4 is 33.4 Å². The van der Waals surface area contributed by atoms with Gasteiger partial charge in [-0.1, -0.05) is 28.1 Å². The molecule has 1 heterocycles. The van der Waals surface area contributed by atoms with Crippen LogP contribution in [0.2, 0.25) is 0 Å². The highest BCUT2D eigenvalue weighted by atomic mass is 79.9. The summed E-state index contributed by atoms with van der Waals surface area (Å²) >= 11 is 3.42. The molecule has 0 spiro atoms. The predicted molar refractivity (Wildman–Crippen MR) is 97.7 cm³/mol. The zero-order valence-electron chi connectivity index (χ0n) is 13.1. The van der Waals surface area contributed by atoms with E-state index in [-0.39, 0.29) is 11.4 Å². The van der Waals surface area contributed by atoms with Crippen LogP contribution in [-0.2, 0) is 0 Å². The molecule has 2 aromatic carbocycles. The van der Waals surface area contributed by atoms with Gasteiger partial charge in [-0.05, 0) is 56.3 Å². The lowest BCUT2D eigenvalue weighted by atomic mass is 10.0. The summed E-state index contributed by atoms with van der Waals surface area (Å²) < 4.78 is 6.99. The van der Waals surface area contributed by atoms with E-state index in [4.69, 9.17) is 9.73 Å². The summed E-state index contributed by atoms with van der Waals surface area (Å²) in [6.45, 7) is 4.10. The van der Waals surface area contributed by atoms with Crippen molar-refractivity contribution in [1.29, 1.82) is 0 Å². The van der Waals surface area contributed by atoms with E-state index in [0.29, 0.717) is 6.42 Å². The van der Waals surface area contributed by atoms with Crippen molar-refractivity contribution in [3.05, 3.63) is 58.6 Å². The van der Waals surface area contributed by atoms with E-state index >= 15 is 0 Å². The van der Waals surface area contributed by atoms with Gasteiger partial charge < -0.3 is 9.84 Å². The zero-order chi connectivity index (χ0) is 16.4. The SMILES string of the molecule is CC1(C)CC(/C=C/c2cc(Br)ccc2O)=Nc2ccccc2O1. The first-order chi connectivity index (χ1) is 10.9. The van der Waals surface area contributed by atoms with Crippen LogP contribution < -0.4 is 4.74 Å². The number of para-hydroxylation sites is 2. The van der Waals surface area contributed by atoms with Crippen molar-refractivity contribution in [3.8, 4) is 11.5 Å². The Balaban J connectivity index is 1.97. The fourth-order valence-corrected chi connectivity index (χ4v) is 2.92. The van der Waals surface area contributed by atoms with E-state index in [0.717, 1.165) is 27.2 Å². The number of fused-ring (bicyclic) bond motifs is 1. The molecule has 0 aromatic heterocycles. The molecule has 0 amide bonds. The van der Waals surface area contributed by atoms with E-state index in [9.17, 15) is 5.11 Å². The zero-order valence-corrected chi connectivity index (χ0v) is 14.7. The monoisotopic (exact) mass is 371 g/mol. The summed E-state index contributed by atoms with van der Waals surface area (Å²) in [6, 6.07) is 13.1. The summed E-state index contributed by atoms with van der Waals surface area (Å²) in [7, 11) is 0. The summed E-state index contributed by atoms with van der Waals surface area (Å²) in [5.41, 5.74) is 2.16. The Bertz CT molecular complexity index is 794. The molecule has 0 saturated heterocycles. The molecule has 0 aliphatic carbocycles. The number of allylic oxidation sites excluding steroid dienone is 1. The van der Waals surface area contributed by atoms with Crippen LogP contribution in [0.4, 0.5) is 5.69 Å². The number of nitrogens with zero attached hydrogens (tertiary/aromatic N) is 1. The lowest BCUT2D eigenvalue weighted by Crippen LogP contribution is -2.29. The van der Waals surface area contributed by atoms with E-state index in [1.165, 1.54) is 0 Å². The summed E-state index contributed by atoms with van der Waals surface area (Å²) in [4.78, 5) is 4.71. The Hall–Kier alpha value is -2.07. The van der Waals surface area contributed by atoms with Crippen LogP contribution in [0.5, 0.6) is 11.5 Å². The van der Waals surface area contributed by atoms with Crippen LogP contribution in [0.25, 0.3) is 6.08 Å². The maximum Gasteiger partial charge on any atom is 0.145 e.